The molecule has 0 aliphatic heterocycles. The first-order chi connectivity index (χ1) is 10.5. The maximum Gasteiger partial charge on any atom is 0.356 e. The molecule has 1 N–H and O–H groups in total. The van der Waals surface area contributed by atoms with E-state index in [1.807, 2.05) is 0 Å². The predicted octanol–water partition coefficient (Wildman–Crippen LogP) is 3.62. The van der Waals surface area contributed by atoms with Crippen molar-refractivity contribution in [3.05, 3.63) is 34.2 Å². The molecular formula is C15H14BrFN2O3. The molecule has 1 aromatic heterocycles. The van der Waals surface area contributed by atoms with E-state index in [-0.39, 0.29) is 11.8 Å². The summed E-state index contributed by atoms with van der Waals surface area (Å²) in [6.07, 6.45) is 3.17. The Bertz CT molecular complexity index is 741. The molecule has 1 fully saturated rings. The number of aromatic nitrogens is 2. The lowest BCUT2D eigenvalue weighted by Crippen LogP contribution is -2.25. The highest BCUT2D eigenvalue weighted by molar-refractivity contribution is 9.10. The van der Waals surface area contributed by atoms with Crippen LogP contribution in [-0.4, -0.2) is 27.0 Å². The third-order valence-corrected chi connectivity index (χ3v) is 4.31. The second kappa shape index (κ2) is 5.72. The first-order valence-corrected chi connectivity index (χ1v) is 7.68. The lowest BCUT2D eigenvalue weighted by molar-refractivity contribution is 0.0689. The van der Waals surface area contributed by atoms with Crippen molar-refractivity contribution >= 4 is 21.9 Å². The standard InChI is InChI=1S/C15H14BrFN2O3/c1-19-13(7-12(18-19)15(20)21)10-5-8(17)6-11(16)14(10)22-9-3-2-4-9/h5-7,9H,2-4H2,1H3,(H,20,21). The molecule has 1 aromatic carbocycles. The number of carboxylic acids is 1. The first kappa shape index (κ1) is 15.0. The molecule has 0 unspecified atom stereocenters. The van der Waals surface area contributed by atoms with E-state index >= 15 is 0 Å². The van der Waals surface area contributed by atoms with Crippen LogP contribution in [0, 0.1) is 5.82 Å². The minimum Gasteiger partial charge on any atom is -0.489 e. The van der Waals surface area contributed by atoms with Crippen LogP contribution in [0.3, 0.4) is 0 Å². The molecule has 5 nitrogen and oxygen atoms in total. The van der Waals surface area contributed by atoms with Crippen LogP contribution < -0.4 is 4.74 Å². The maximum atomic E-state index is 13.8. The van der Waals surface area contributed by atoms with Gasteiger partial charge in [-0.25, -0.2) is 9.18 Å². The van der Waals surface area contributed by atoms with Gasteiger partial charge in [0.1, 0.15) is 11.6 Å². The average molecular weight is 369 g/mol. The summed E-state index contributed by atoms with van der Waals surface area (Å²) >= 11 is 3.33. The number of carbonyl (C=O) groups is 1. The summed E-state index contributed by atoms with van der Waals surface area (Å²) in [6.45, 7) is 0. The zero-order valence-electron chi connectivity index (χ0n) is 11.8. The third-order valence-electron chi connectivity index (χ3n) is 3.72. The third kappa shape index (κ3) is 2.72. The van der Waals surface area contributed by atoms with Crippen molar-refractivity contribution in [2.75, 3.05) is 0 Å². The summed E-state index contributed by atoms with van der Waals surface area (Å²) in [4.78, 5) is 11.1. The van der Waals surface area contributed by atoms with Gasteiger partial charge in [-0.1, -0.05) is 0 Å². The van der Waals surface area contributed by atoms with Gasteiger partial charge in [-0.3, -0.25) is 4.68 Å². The largest absolute Gasteiger partial charge is 0.489 e. The molecule has 22 heavy (non-hydrogen) atoms. The molecule has 1 heterocycles. The second-order valence-corrected chi connectivity index (χ2v) is 6.13. The van der Waals surface area contributed by atoms with Crippen molar-refractivity contribution in [3.8, 4) is 17.0 Å². The fraction of sp³-hybridized carbons (Fsp3) is 0.333. The van der Waals surface area contributed by atoms with Gasteiger partial charge in [0.2, 0.25) is 0 Å². The first-order valence-electron chi connectivity index (χ1n) is 6.89. The predicted molar refractivity (Wildman–Crippen MR) is 81.5 cm³/mol. The number of aryl methyl sites for hydroxylation is 1. The van der Waals surface area contributed by atoms with Gasteiger partial charge in [-0.2, -0.15) is 5.10 Å². The molecule has 1 aliphatic rings. The molecule has 2 aromatic rings. The number of carboxylic acid groups (broad SMARTS) is 1. The van der Waals surface area contributed by atoms with Gasteiger partial charge >= 0.3 is 5.97 Å². The average Bonchev–Trinajstić information content (AvgIpc) is 2.77. The minimum atomic E-state index is -1.13. The molecule has 116 valence electrons. The van der Waals surface area contributed by atoms with E-state index in [2.05, 4.69) is 21.0 Å². The Morgan fingerprint density at radius 1 is 1.45 bits per heavy atom. The zero-order valence-corrected chi connectivity index (χ0v) is 13.4. The second-order valence-electron chi connectivity index (χ2n) is 5.28. The molecule has 0 amide bonds. The van der Waals surface area contributed by atoms with Gasteiger partial charge < -0.3 is 9.84 Å². The number of ether oxygens (including phenoxy) is 1. The van der Waals surface area contributed by atoms with Crippen LogP contribution in [0.2, 0.25) is 0 Å². The Kier molecular flexibility index (Phi) is 3.90. The van der Waals surface area contributed by atoms with Gasteiger partial charge in [0.05, 0.1) is 16.3 Å². The number of hydrogen-bond acceptors (Lipinski definition) is 3. The lowest BCUT2D eigenvalue weighted by atomic mass is 9.96. The monoisotopic (exact) mass is 368 g/mol. The summed E-state index contributed by atoms with van der Waals surface area (Å²) in [5.74, 6) is -1.04. The van der Waals surface area contributed by atoms with Crippen molar-refractivity contribution in [1.29, 1.82) is 0 Å². The van der Waals surface area contributed by atoms with Crippen LogP contribution in [0.4, 0.5) is 4.39 Å². The smallest absolute Gasteiger partial charge is 0.356 e. The summed E-state index contributed by atoms with van der Waals surface area (Å²) in [7, 11) is 1.62. The van der Waals surface area contributed by atoms with E-state index < -0.39 is 11.8 Å². The van der Waals surface area contributed by atoms with Crippen LogP contribution in [0.25, 0.3) is 11.3 Å². The SMILES string of the molecule is Cn1nc(C(=O)O)cc1-c1cc(F)cc(Br)c1OC1CCC1. The van der Waals surface area contributed by atoms with Crippen molar-refractivity contribution in [2.45, 2.75) is 25.4 Å². The maximum absolute atomic E-state index is 13.8. The Balaban J connectivity index is 2.10. The molecule has 1 aliphatic carbocycles. The van der Waals surface area contributed by atoms with Gasteiger partial charge in [-0.05, 0) is 53.4 Å². The van der Waals surface area contributed by atoms with E-state index in [1.54, 1.807) is 7.05 Å². The van der Waals surface area contributed by atoms with E-state index in [0.29, 0.717) is 21.5 Å². The number of rotatable bonds is 4. The van der Waals surface area contributed by atoms with Crippen molar-refractivity contribution in [1.82, 2.24) is 9.78 Å². The molecular weight excluding hydrogens is 355 g/mol. The molecule has 1 saturated carbocycles. The van der Waals surface area contributed by atoms with E-state index in [4.69, 9.17) is 9.84 Å². The molecule has 0 radical (unpaired) electrons. The number of nitrogens with zero attached hydrogens (tertiary/aromatic N) is 2. The van der Waals surface area contributed by atoms with Gasteiger partial charge in [0.15, 0.2) is 5.69 Å². The number of hydrogen-bond donors (Lipinski definition) is 1. The number of halogens is 2. The fourth-order valence-corrected chi connectivity index (χ4v) is 2.88. The fourth-order valence-electron chi connectivity index (χ4n) is 2.35. The normalized spacial score (nSPS) is 14.7. The van der Waals surface area contributed by atoms with Gasteiger partial charge in [-0.15, -0.1) is 0 Å². The Hall–Kier alpha value is -1.89. The highest BCUT2D eigenvalue weighted by Crippen LogP contribution is 2.40. The van der Waals surface area contributed by atoms with Crippen LogP contribution in [0.1, 0.15) is 29.8 Å². The van der Waals surface area contributed by atoms with Crippen molar-refractivity contribution in [3.63, 3.8) is 0 Å². The molecule has 3 rings (SSSR count). The molecule has 0 spiro atoms. The topological polar surface area (TPSA) is 64.4 Å². The molecule has 0 atom stereocenters. The van der Waals surface area contributed by atoms with E-state index in [0.717, 1.165) is 19.3 Å². The van der Waals surface area contributed by atoms with Crippen LogP contribution >= 0.6 is 15.9 Å². The summed E-state index contributed by atoms with van der Waals surface area (Å²) in [5, 5.41) is 13.0. The number of benzene rings is 1. The van der Waals surface area contributed by atoms with Crippen molar-refractivity contribution < 1.29 is 19.0 Å². The van der Waals surface area contributed by atoms with Gasteiger partial charge in [0, 0.05) is 12.6 Å². The summed E-state index contributed by atoms with van der Waals surface area (Å²) < 4.78 is 21.7. The minimum absolute atomic E-state index is 0.0903. The summed E-state index contributed by atoms with van der Waals surface area (Å²) in [6, 6.07) is 4.09. The Morgan fingerprint density at radius 2 is 2.18 bits per heavy atom. The Morgan fingerprint density at radius 3 is 2.73 bits per heavy atom. The van der Waals surface area contributed by atoms with Crippen LogP contribution in [-0.2, 0) is 7.05 Å². The highest BCUT2D eigenvalue weighted by atomic mass is 79.9. The molecule has 7 heteroatoms. The molecule has 0 bridgehead atoms. The highest BCUT2D eigenvalue weighted by Gasteiger charge is 2.24. The van der Waals surface area contributed by atoms with Crippen LogP contribution in [0.5, 0.6) is 5.75 Å². The number of aromatic carboxylic acids is 1. The molecule has 0 saturated heterocycles. The van der Waals surface area contributed by atoms with Gasteiger partial charge in [0.25, 0.3) is 0 Å². The van der Waals surface area contributed by atoms with E-state index in [1.165, 1.54) is 22.9 Å². The quantitative estimate of drug-likeness (QED) is 0.894. The Labute approximate surface area is 134 Å². The zero-order chi connectivity index (χ0) is 15.9. The lowest BCUT2D eigenvalue weighted by Gasteiger charge is -2.28. The van der Waals surface area contributed by atoms with Crippen molar-refractivity contribution in [2.24, 2.45) is 7.05 Å². The van der Waals surface area contributed by atoms with Crippen LogP contribution in [0.15, 0.2) is 22.7 Å². The summed E-state index contributed by atoms with van der Waals surface area (Å²) in [5.41, 5.74) is 0.890. The van der Waals surface area contributed by atoms with E-state index in [9.17, 15) is 9.18 Å².